The van der Waals surface area contributed by atoms with E-state index in [0.717, 1.165) is 11.3 Å². The molecule has 21 heavy (non-hydrogen) atoms. The molecule has 1 aliphatic rings. The first-order valence-corrected chi connectivity index (χ1v) is 7.14. The molecule has 1 aromatic heterocycles. The number of alkyl halides is 1. The quantitative estimate of drug-likeness (QED) is 0.947. The van der Waals surface area contributed by atoms with Gasteiger partial charge in [0.1, 0.15) is 18.3 Å². The molecule has 0 radical (unpaired) electrons. The number of hydrogen-bond acceptors (Lipinski definition) is 4. The van der Waals surface area contributed by atoms with Gasteiger partial charge in [-0.25, -0.2) is 14.4 Å². The number of rotatable bonds is 3. The number of anilines is 1. The molecule has 1 aromatic carbocycles. The monoisotopic (exact) mass is 307 g/mol. The molecule has 2 heterocycles. The Morgan fingerprint density at radius 3 is 2.95 bits per heavy atom. The second kappa shape index (κ2) is 5.95. The Morgan fingerprint density at radius 2 is 2.19 bits per heavy atom. The van der Waals surface area contributed by atoms with E-state index in [-0.39, 0.29) is 19.2 Å². The molecule has 0 bridgehead atoms. The standard InChI is InChI=1S/C15H15ClFN3O/c16-11-3-1-2-10(4-11)14-6-15(19-9-18-14)20-7-12(17)5-13(20)8-21/h1-4,6,9,12-13,21H,5,7-8H2/t12-,13-/m0/s1. The topological polar surface area (TPSA) is 49.2 Å². The zero-order valence-electron chi connectivity index (χ0n) is 11.3. The van der Waals surface area contributed by atoms with E-state index in [9.17, 15) is 9.50 Å². The predicted octanol–water partition coefficient (Wildman–Crippen LogP) is 2.71. The van der Waals surface area contributed by atoms with Crippen molar-refractivity contribution >= 4 is 17.4 Å². The van der Waals surface area contributed by atoms with Crippen LogP contribution in [0.25, 0.3) is 11.3 Å². The minimum Gasteiger partial charge on any atom is -0.394 e. The maximum Gasteiger partial charge on any atom is 0.132 e. The number of halogens is 2. The summed E-state index contributed by atoms with van der Waals surface area (Å²) in [4.78, 5) is 10.2. The fourth-order valence-electron chi connectivity index (χ4n) is 2.62. The molecule has 1 fully saturated rings. The first-order valence-electron chi connectivity index (χ1n) is 6.77. The van der Waals surface area contributed by atoms with Gasteiger partial charge >= 0.3 is 0 Å². The lowest BCUT2D eigenvalue weighted by molar-refractivity contribution is 0.255. The van der Waals surface area contributed by atoms with Crippen LogP contribution in [0.15, 0.2) is 36.7 Å². The van der Waals surface area contributed by atoms with E-state index in [4.69, 9.17) is 11.6 Å². The Kier molecular flexibility index (Phi) is 4.03. The fourth-order valence-corrected chi connectivity index (χ4v) is 2.81. The van der Waals surface area contributed by atoms with Crippen molar-refractivity contribution < 1.29 is 9.50 Å². The lowest BCUT2D eigenvalue weighted by Crippen LogP contribution is -2.32. The molecule has 0 spiro atoms. The minimum absolute atomic E-state index is 0.0864. The number of aromatic nitrogens is 2. The molecule has 0 saturated carbocycles. The van der Waals surface area contributed by atoms with Crippen molar-refractivity contribution in [2.24, 2.45) is 0 Å². The lowest BCUT2D eigenvalue weighted by Gasteiger charge is -2.23. The first-order chi connectivity index (χ1) is 10.2. The van der Waals surface area contributed by atoms with Gasteiger partial charge in [0.25, 0.3) is 0 Å². The summed E-state index contributed by atoms with van der Waals surface area (Å²) in [5.41, 5.74) is 1.60. The van der Waals surface area contributed by atoms with E-state index in [1.165, 1.54) is 6.33 Å². The molecular weight excluding hydrogens is 293 g/mol. The summed E-state index contributed by atoms with van der Waals surface area (Å²) < 4.78 is 13.6. The number of benzene rings is 1. The smallest absolute Gasteiger partial charge is 0.132 e. The highest BCUT2D eigenvalue weighted by Gasteiger charge is 2.32. The Morgan fingerprint density at radius 1 is 1.33 bits per heavy atom. The number of aliphatic hydroxyl groups excluding tert-OH is 1. The second-order valence-corrected chi connectivity index (χ2v) is 5.53. The van der Waals surface area contributed by atoms with Crippen LogP contribution in [0.3, 0.4) is 0 Å². The molecule has 2 aromatic rings. The van der Waals surface area contributed by atoms with Gasteiger partial charge in [0.2, 0.25) is 0 Å². The molecule has 2 atom stereocenters. The summed E-state index contributed by atoms with van der Waals surface area (Å²) in [6.07, 6.45) is 0.838. The lowest BCUT2D eigenvalue weighted by atomic mass is 10.1. The molecule has 0 aliphatic carbocycles. The van der Waals surface area contributed by atoms with E-state index in [0.29, 0.717) is 17.3 Å². The van der Waals surface area contributed by atoms with Crippen molar-refractivity contribution in [1.82, 2.24) is 9.97 Å². The Bertz CT molecular complexity index is 640. The van der Waals surface area contributed by atoms with Crippen molar-refractivity contribution in [3.05, 3.63) is 41.7 Å². The number of hydrogen-bond donors (Lipinski definition) is 1. The van der Waals surface area contributed by atoms with Crippen LogP contribution >= 0.6 is 11.6 Å². The van der Waals surface area contributed by atoms with E-state index in [1.54, 1.807) is 17.0 Å². The van der Waals surface area contributed by atoms with Crippen molar-refractivity contribution in [3.63, 3.8) is 0 Å². The van der Waals surface area contributed by atoms with Crippen molar-refractivity contribution in [2.75, 3.05) is 18.1 Å². The second-order valence-electron chi connectivity index (χ2n) is 5.09. The average molecular weight is 308 g/mol. The molecule has 0 unspecified atom stereocenters. The number of aliphatic hydroxyl groups is 1. The third-order valence-corrected chi connectivity index (χ3v) is 3.88. The molecule has 3 rings (SSSR count). The van der Waals surface area contributed by atoms with Crippen LogP contribution in [0, 0.1) is 0 Å². The molecule has 4 nitrogen and oxygen atoms in total. The summed E-state index contributed by atoms with van der Waals surface area (Å²) >= 11 is 5.99. The molecule has 1 saturated heterocycles. The van der Waals surface area contributed by atoms with Gasteiger partial charge in [0.15, 0.2) is 0 Å². The van der Waals surface area contributed by atoms with Crippen LogP contribution in [0.5, 0.6) is 0 Å². The van der Waals surface area contributed by atoms with Gasteiger partial charge in [-0.15, -0.1) is 0 Å². The van der Waals surface area contributed by atoms with Crippen LogP contribution in [-0.4, -0.2) is 40.4 Å². The summed E-state index contributed by atoms with van der Waals surface area (Å²) in [6.45, 7) is 0.161. The van der Waals surface area contributed by atoms with Crippen LogP contribution in [0.1, 0.15) is 6.42 Å². The van der Waals surface area contributed by atoms with Gasteiger partial charge < -0.3 is 10.0 Å². The van der Waals surface area contributed by atoms with Crippen LogP contribution in [0.4, 0.5) is 10.2 Å². The minimum atomic E-state index is -0.938. The molecule has 1 aliphatic heterocycles. The van der Waals surface area contributed by atoms with Gasteiger partial charge in [-0.2, -0.15) is 0 Å². The summed E-state index contributed by atoms with van der Waals surface area (Å²) in [6, 6.07) is 8.93. The third kappa shape index (κ3) is 2.99. The maximum absolute atomic E-state index is 13.6. The van der Waals surface area contributed by atoms with Crippen LogP contribution < -0.4 is 4.90 Å². The van der Waals surface area contributed by atoms with Gasteiger partial charge in [-0.05, 0) is 12.1 Å². The molecule has 110 valence electrons. The van der Waals surface area contributed by atoms with Crippen molar-refractivity contribution in [3.8, 4) is 11.3 Å². The zero-order chi connectivity index (χ0) is 14.8. The van der Waals surface area contributed by atoms with Crippen LogP contribution in [0.2, 0.25) is 5.02 Å². The highest BCUT2D eigenvalue weighted by atomic mass is 35.5. The Labute approximate surface area is 127 Å². The van der Waals surface area contributed by atoms with E-state index in [2.05, 4.69) is 9.97 Å². The average Bonchev–Trinajstić information content (AvgIpc) is 2.88. The summed E-state index contributed by atoms with van der Waals surface area (Å²) in [5.74, 6) is 0.624. The Balaban J connectivity index is 1.93. The van der Waals surface area contributed by atoms with Crippen molar-refractivity contribution in [2.45, 2.75) is 18.6 Å². The van der Waals surface area contributed by atoms with Gasteiger partial charge in [0, 0.05) is 23.1 Å². The SMILES string of the molecule is OC[C@@H]1C[C@H](F)CN1c1cc(-c2cccc(Cl)c2)ncn1. The van der Waals surface area contributed by atoms with E-state index in [1.807, 2.05) is 18.2 Å². The van der Waals surface area contributed by atoms with E-state index < -0.39 is 6.17 Å². The van der Waals surface area contributed by atoms with Crippen molar-refractivity contribution in [1.29, 1.82) is 0 Å². The van der Waals surface area contributed by atoms with Crippen LogP contribution in [-0.2, 0) is 0 Å². The predicted molar refractivity (Wildman–Crippen MR) is 80.2 cm³/mol. The molecular formula is C15H15ClFN3O. The third-order valence-electron chi connectivity index (χ3n) is 3.64. The molecule has 1 N–H and O–H groups in total. The van der Waals surface area contributed by atoms with E-state index >= 15 is 0 Å². The van der Waals surface area contributed by atoms with Gasteiger partial charge in [-0.1, -0.05) is 23.7 Å². The highest BCUT2D eigenvalue weighted by Crippen LogP contribution is 2.28. The highest BCUT2D eigenvalue weighted by molar-refractivity contribution is 6.30. The zero-order valence-corrected chi connectivity index (χ0v) is 12.0. The normalized spacial score (nSPS) is 21.8. The Hall–Kier alpha value is -1.72. The molecule has 0 amide bonds. The maximum atomic E-state index is 13.6. The van der Waals surface area contributed by atoms with Gasteiger partial charge in [-0.3, -0.25) is 0 Å². The number of nitrogens with zero attached hydrogens (tertiary/aromatic N) is 3. The molecule has 6 heteroatoms. The van der Waals surface area contributed by atoms with Gasteiger partial charge in [0.05, 0.1) is 24.9 Å². The fraction of sp³-hybridized carbons (Fsp3) is 0.333. The summed E-state index contributed by atoms with van der Waals surface area (Å²) in [5, 5.41) is 10.00. The first kappa shape index (κ1) is 14.2. The largest absolute Gasteiger partial charge is 0.394 e. The summed E-state index contributed by atoms with van der Waals surface area (Å²) in [7, 11) is 0.